The molecule has 0 bridgehead atoms. The number of para-hydroxylation sites is 1. The van der Waals surface area contributed by atoms with Crippen LogP contribution in [0.4, 0.5) is 5.69 Å². The minimum atomic E-state index is -3.53. The largest absolute Gasteiger partial charge is 0.505 e. The molecule has 0 aliphatic carbocycles. The fourth-order valence-electron chi connectivity index (χ4n) is 3.04. The molecule has 4 rings (SSSR count). The number of nitrogens with zero attached hydrogens (tertiary/aromatic N) is 3. The van der Waals surface area contributed by atoms with Crippen LogP contribution in [0.15, 0.2) is 54.9 Å². The third kappa shape index (κ3) is 3.63. The molecule has 0 fully saturated rings. The number of nitrogens with one attached hydrogen (secondary N) is 1. The van der Waals surface area contributed by atoms with Crippen molar-refractivity contribution < 1.29 is 14.2 Å². The molecule has 0 atom stereocenters. The molecule has 0 saturated carbocycles. The quantitative estimate of drug-likeness (QED) is 0.425. The molecule has 1 aliphatic heterocycles. The Kier molecular flexibility index (Phi) is 4.97. The number of pyridine rings is 1. The maximum absolute atomic E-state index is 13.3. The van der Waals surface area contributed by atoms with Gasteiger partial charge in [0.1, 0.15) is 10.5 Å². The summed E-state index contributed by atoms with van der Waals surface area (Å²) < 4.78 is 26.7. The van der Waals surface area contributed by atoms with Crippen LogP contribution in [0.1, 0.15) is 32.8 Å². The van der Waals surface area contributed by atoms with Crippen molar-refractivity contribution in [1.29, 1.82) is 0 Å². The molecule has 1 aromatic carbocycles. The topological polar surface area (TPSA) is 119 Å². The molecule has 1 aliphatic rings. The van der Waals surface area contributed by atoms with Gasteiger partial charge in [-0.15, -0.1) is 15.7 Å². The number of aromatic hydroxyl groups is 1. The number of hydrogen-bond donors (Lipinski definition) is 4. The van der Waals surface area contributed by atoms with Crippen LogP contribution < -0.4 is 10.9 Å². The van der Waals surface area contributed by atoms with Crippen molar-refractivity contribution in [2.45, 2.75) is 32.1 Å². The van der Waals surface area contributed by atoms with E-state index < -0.39 is 16.3 Å². The van der Waals surface area contributed by atoms with E-state index in [2.05, 4.69) is 35.6 Å². The minimum Gasteiger partial charge on any atom is -0.505 e. The third-order valence-electron chi connectivity index (χ3n) is 4.52. The molecular formula is C20H22N4O4S2. The summed E-state index contributed by atoms with van der Waals surface area (Å²) in [5.41, 5.74) is 0.114. The first kappa shape index (κ1) is 20.6. The van der Waals surface area contributed by atoms with E-state index in [4.69, 9.17) is 0 Å². The molecular weight excluding hydrogens is 424 g/mol. The van der Waals surface area contributed by atoms with Crippen molar-refractivity contribution in [3.63, 3.8) is 0 Å². The second-order valence-corrected chi connectivity index (χ2v) is 10.7. The standard InChI is InChI=1S/C20H22N4O4S2/c1-20(2,3)9-10-21-24-13-8-11-29-17(13)16(25)15(19(24)26)18-22-12-6-4-5-7-14(12)30(27,28)23-18/h4-8,10-11,25,27-28H,9H2,1-3H3,(H,22,23). The zero-order chi connectivity index (χ0) is 21.7. The smallest absolute Gasteiger partial charge is 0.286 e. The summed E-state index contributed by atoms with van der Waals surface area (Å²) in [5.74, 6) is -0.376. The SMILES string of the molecule is CC(C)(C)CC=Nn1c(=O)c(C2=NS(O)(O)c3ccccc3N2)c(O)c2sccc21. The summed E-state index contributed by atoms with van der Waals surface area (Å²) in [4.78, 5) is 13.5. The van der Waals surface area contributed by atoms with Gasteiger partial charge >= 0.3 is 0 Å². The Bertz CT molecular complexity index is 1250. The molecule has 3 aromatic rings. The highest BCUT2D eigenvalue weighted by molar-refractivity contribution is 8.23. The van der Waals surface area contributed by atoms with E-state index in [1.54, 1.807) is 41.9 Å². The van der Waals surface area contributed by atoms with Crippen LogP contribution in [-0.2, 0) is 0 Å². The summed E-state index contributed by atoms with van der Waals surface area (Å²) in [7, 11) is -3.53. The van der Waals surface area contributed by atoms with Crippen LogP contribution in [0.2, 0.25) is 0 Å². The lowest BCUT2D eigenvalue weighted by molar-refractivity contribution is 0.436. The van der Waals surface area contributed by atoms with Crippen LogP contribution in [0.3, 0.4) is 0 Å². The molecule has 30 heavy (non-hydrogen) atoms. The van der Waals surface area contributed by atoms with Gasteiger partial charge in [0.15, 0.2) is 11.6 Å². The number of hydrogen-bond acceptors (Lipinski definition) is 8. The molecule has 0 amide bonds. The lowest BCUT2D eigenvalue weighted by Gasteiger charge is -2.34. The highest BCUT2D eigenvalue weighted by Crippen LogP contribution is 2.55. The highest BCUT2D eigenvalue weighted by atomic mass is 32.3. The maximum Gasteiger partial charge on any atom is 0.286 e. The van der Waals surface area contributed by atoms with Crippen molar-refractivity contribution in [1.82, 2.24) is 4.68 Å². The molecule has 158 valence electrons. The van der Waals surface area contributed by atoms with Gasteiger partial charge in [-0.2, -0.15) is 9.78 Å². The summed E-state index contributed by atoms with van der Waals surface area (Å²) in [6.07, 6.45) is 2.31. The molecule has 3 heterocycles. The number of aromatic nitrogens is 1. The van der Waals surface area contributed by atoms with Gasteiger partial charge in [0.25, 0.3) is 5.56 Å². The van der Waals surface area contributed by atoms with Crippen molar-refractivity contribution in [2.75, 3.05) is 5.32 Å². The Hall–Kier alpha value is -2.66. The maximum atomic E-state index is 13.3. The van der Waals surface area contributed by atoms with Crippen molar-refractivity contribution in [3.05, 3.63) is 51.6 Å². The fourth-order valence-corrected chi connectivity index (χ4v) is 5.03. The van der Waals surface area contributed by atoms with Crippen molar-refractivity contribution >= 4 is 50.1 Å². The average molecular weight is 447 g/mol. The highest BCUT2D eigenvalue weighted by Gasteiger charge is 2.30. The molecule has 0 unspecified atom stereocenters. The van der Waals surface area contributed by atoms with Crippen LogP contribution >= 0.6 is 22.1 Å². The Morgan fingerprint density at radius 1 is 1.27 bits per heavy atom. The number of rotatable bonds is 3. The van der Waals surface area contributed by atoms with Gasteiger partial charge in [-0.25, -0.2) is 0 Å². The van der Waals surface area contributed by atoms with E-state index in [1.807, 2.05) is 0 Å². The van der Waals surface area contributed by atoms with Crippen LogP contribution in [-0.4, -0.2) is 30.9 Å². The molecule has 2 aromatic heterocycles. The van der Waals surface area contributed by atoms with Gasteiger partial charge in [-0.1, -0.05) is 43.7 Å². The summed E-state index contributed by atoms with van der Waals surface area (Å²) >= 11 is 1.25. The van der Waals surface area contributed by atoms with Gasteiger partial charge < -0.3 is 10.4 Å². The summed E-state index contributed by atoms with van der Waals surface area (Å²) in [5, 5.41) is 19.9. The number of benzene rings is 1. The predicted octanol–water partition coefficient (Wildman–Crippen LogP) is 4.94. The summed E-state index contributed by atoms with van der Waals surface area (Å²) in [6, 6.07) is 8.30. The van der Waals surface area contributed by atoms with Gasteiger partial charge in [0, 0.05) is 6.21 Å². The first-order valence-corrected chi connectivity index (χ1v) is 11.6. The summed E-state index contributed by atoms with van der Waals surface area (Å²) in [6.45, 7) is 6.19. The molecule has 0 radical (unpaired) electrons. The van der Waals surface area contributed by atoms with E-state index in [0.29, 0.717) is 22.3 Å². The zero-order valence-electron chi connectivity index (χ0n) is 16.7. The predicted molar refractivity (Wildman–Crippen MR) is 123 cm³/mol. The van der Waals surface area contributed by atoms with Gasteiger partial charge in [-0.05, 0) is 35.4 Å². The Morgan fingerprint density at radius 2 is 2.00 bits per heavy atom. The molecule has 0 saturated heterocycles. The molecule has 0 spiro atoms. The van der Waals surface area contributed by atoms with Gasteiger partial charge in [0.2, 0.25) is 0 Å². The number of thiophene rings is 1. The van der Waals surface area contributed by atoms with E-state index in [-0.39, 0.29) is 27.5 Å². The lowest BCUT2D eigenvalue weighted by atomic mass is 9.93. The Balaban J connectivity index is 1.91. The second-order valence-electron chi connectivity index (χ2n) is 8.12. The van der Waals surface area contributed by atoms with Crippen LogP contribution in [0.25, 0.3) is 10.2 Å². The van der Waals surface area contributed by atoms with E-state index in [0.717, 1.165) is 0 Å². The second kappa shape index (κ2) is 7.24. The molecule has 10 heteroatoms. The third-order valence-corrected chi connectivity index (χ3v) is 6.82. The Labute approximate surface area is 178 Å². The van der Waals surface area contributed by atoms with Crippen molar-refractivity contribution in [2.24, 2.45) is 14.9 Å². The average Bonchev–Trinajstić information content (AvgIpc) is 3.13. The lowest BCUT2D eigenvalue weighted by Crippen LogP contribution is -2.30. The van der Waals surface area contributed by atoms with Crippen LogP contribution in [0, 0.1) is 5.41 Å². The Morgan fingerprint density at radius 3 is 2.73 bits per heavy atom. The van der Waals surface area contributed by atoms with Gasteiger partial charge in [0.05, 0.1) is 15.9 Å². The normalized spacial score (nSPS) is 16.9. The minimum absolute atomic E-state index is 0.00389. The molecule has 4 N–H and O–H groups in total. The van der Waals surface area contributed by atoms with Gasteiger partial charge in [-0.3, -0.25) is 13.9 Å². The van der Waals surface area contributed by atoms with E-state index >= 15 is 0 Å². The number of anilines is 1. The number of amidine groups is 1. The first-order valence-electron chi connectivity index (χ1n) is 9.21. The van der Waals surface area contributed by atoms with E-state index in [9.17, 15) is 19.0 Å². The zero-order valence-corrected chi connectivity index (χ0v) is 18.3. The van der Waals surface area contributed by atoms with Crippen LogP contribution in [0.5, 0.6) is 5.75 Å². The number of fused-ring (bicyclic) bond motifs is 2. The molecule has 8 nitrogen and oxygen atoms in total. The monoisotopic (exact) mass is 446 g/mol. The fraction of sp³-hybridized carbons (Fsp3) is 0.250. The first-order chi connectivity index (χ1) is 14.1. The van der Waals surface area contributed by atoms with E-state index in [1.165, 1.54) is 16.0 Å². The van der Waals surface area contributed by atoms with Crippen molar-refractivity contribution in [3.8, 4) is 5.75 Å².